The second-order valence-electron chi connectivity index (χ2n) is 8.19. The van der Waals surface area contributed by atoms with Crippen molar-refractivity contribution in [3.05, 3.63) is 93.6 Å². The highest BCUT2D eigenvalue weighted by Crippen LogP contribution is 2.23. The number of aromatic nitrogens is 1. The molecule has 0 saturated carbocycles. The Balaban J connectivity index is 0.000000375. The Hall–Kier alpha value is -3.68. The van der Waals surface area contributed by atoms with Gasteiger partial charge in [0.1, 0.15) is 0 Å². The number of pyridine rings is 1. The number of nitrogens with zero attached hydrogens (tertiary/aromatic N) is 3. The lowest BCUT2D eigenvalue weighted by molar-refractivity contribution is 0.0735. The van der Waals surface area contributed by atoms with Gasteiger partial charge in [0.05, 0.1) is 19.8 Å². The summed E-state index contributed by atoms with van der Waals surface area (Å²) in [6, 6.07) is 18.3. The van der Waals surface area contributed by atoms with Gasteiger partial charge in [0.15, 0.2) is 0 Å². The number of rotatable bonds is 4. The summed E-state index contributed by atoms with van der Waals surface area (Å²) >= 11 is 11.7. The normalized spacial score (nSPS) is 13.6. The average Bonchev–Trinajstić information content (AvgIpc) is 2.94. The Bertz CT molecular complexity index is 1300. The zero-order valence-corrected chi connectivity index (χ0v) is 22.9. The van der Waals surface area contributed by atoms with Gasteiger partial charge in [-0.15, -0.1) is 6.42 Å². The predicted octanol–water partition coefficient (Wildman–Crippen LogP) is 5.93. The van der Waals surface area contributed by atoms with E-state index in [0.717, 1.165) is 16.7 Å². The van der Waals surface area contributed by atoms with Crippen LogP contribution in [-0.4, -0.2) is 60.8 Å². The van der Waals surface area contributed by atoms with Crippen LogP contribution in [0.1, 0.15) is 29.7 Å². The van der Waals surface area contributed by atoms with Crippen LogP contribution >= 0.6 is 23.2 Å². The fraction of sp³-hybridized carbons (Fsp3) is 0.267. The molecule has 1 atom stereocenters. The summed E-state index contributed by atoms with van der Waals surface area (Å²) < 4.78 is 10.3. The SMILES string of the molecule is C#Cc1cccc(Cl)c1.CCOC(=O)N1CCN(C(C#Cc2cccc(Cl)c2)c2ccc(OC)nc2)CC1. The molecule has 1 aliphatic heterocycles. The van der Waals surface area contributed by atoms with E-state index in [4.69, 9.17) is 39.1 Å². The van der Waals surface area contributed by atoms with E-state index in [9.17, 15) is 4.79 Å². The third kappa shape index (κ3) is 8.71. The third-order valence-corrected chi connectivity index (χ3v) is 6.13. The van der Waals surface area contributed by atoms with Crippen LogP contribution in [0.5, 0.6) is 5.88 Å². The van der Waals surface area contributed by atoms with Gasteiger partial charge >= 0.3 is 6.09 Å². The van der Waals surface area contributed by atoms with E-state index in [1.807, 2.05) is 55.5 Å². The molecule has 3 aromatic rings. The number of hydrogen-bond donors (Lipinski definition) is 0. The molecule has 8 heteroatoms. The monoisotopic (exact) mass is 549 g/mol. The number of hydrogen-bond acceptors (Lipinski definition) is 5. The molecular weight excluding hydrogens is 521 g/mol. The van der Waals surface area contributed by atoms with Gasteiger partial charge in [0.2, 0.25) is 5.88 Å². The van der Waals surface area contributed by atoms with Crippen molar-refractivity contribution >= 4 is 29.3 Å². The van der Waals surface area contributed by atoms with Crippen molar-refractivity contribution in [1.82, 2.24) is 14.8 Å². The van der Waals surface area contributed by atoms with E-state index in [2.05, 4.69) is 27.6 Å². The number of halogens is 2. The van der Waals surface area contributed by atoms with Gasteiger partial charge in [-0.05, 0) is 55.0 Å². The minimum Gasteiger partial charge on any atom is -0.481 e. The first-order chi connectivity index (χ1) is 18.4. The average molecular weight is 550 g/mol. The molecule has 6 nitrogen and oxygen atoms in total. The number of carbonyl (C=O) groups excluding carboxylic acids is 1. The van der Waals surface area contributed by atoms with E-state index in [1.165, 1.54) is 0 Å². The topological polar surface area (TPSA) is 54.9 Å². The minimum atomic E-state index is -0.264. The van der Waals surface area contributed by atoms with E-state index in [0.29, 0.717) is 48.7 Å². The molecule has 38 heavy (non-hydrogen) atoms. The van der Waals surface area contributed by atoms with Crippen LogP contribution < -0.4 is 4.74 Å². The lowest BCUT2D eigenvalue weighted by Crippen LogP contribution is -2.49. The van der Waals surface area contributed by atoms with Crippen molar-refractivity contribution in [2.24, 2.45) is 0 Å². The first-order valence-electron chi connectivity index (χ1n) is 12.1. The van der Waals surface area contributed by atoms with Crippen LogP contribution in [-0.2, 0) is 4.74 Å². The summed E-state index contributed by atoms with van der Waals surface area (Å²) in [6.45, 7) is 4.77. The van der Waals surface area contributed by atoms with Crippen LogP contribution in [0.25, 0.3) is 0 Å². The molecule has 1 aromatic heterocycles. The van der Waals surface area contributed by atoms with Crippen LogP contribution in [0, 0.1) is 24.2 Å². The molecule has 2 heterocycles. The molecule has 196 valence electrons. The van der Waals surface area contributed by atoms with Crippen molar-refractivity contribution in [3.63, 3.8) is 0 Å². The Morgan fingerprint density at radius 1 is 1.03 bits per heavy atom. The smallest absolute Gasteiger partial charge is 0.409 e. The molecule has 1 saturated heterocycles. The molecule has 0 radical (unpaired) electrons. The van der Waals surface area contributed by atoms with Crippen LogP contribution in [0.4, 0.5) is 4.79 Å². The van der Waals surface area contributed by atoms with Gasteiger partial charge in [0.25, 0.3) is 0 Å². The lowest BCUT2D eigenvalue weighted by Gasteiger charge is -2.37. The number of ether oxygens (including phenoxy) is 2. The number of terminal acetylenes is 1. The number of carbonyl (C=O) groups is 1. The maximum Gasteiger partial charge on any atom is 0.409 e. The number of amides is 1. The van der Waals surface area contributed by atoms with Gasteiger partial charge in [0, 0.05) is 59.6 Å². The highest BCUT2D eigenvalue weighted by Gasteiger charge is 2.27. The van der Waals surface area contributed by atoms with Crippen molar-refractivity contribution in [1.29, 1.82) is 0 Å². The first-order valence-corrected chi connectivity index (χ1v) is 12.8. The van der Waals surface area contributed by atoms with Gasteiger partial charge < -0.3 is 14.4 Å². The van der Waals surface area contributed by atoms with Gasteiger partial charge in [-0.25, -0.2) is 9.78 Å². The zero-order chi connectivity index (χ0) is 27.3. The van der Waals surface area contributed by atoms with E-state index in [-0.39, 0.29) is 12.1 Å². The van der Waals surface area contributed by atoms with Crippen LogP contribution in [0.3, 0.4) is 0 Å². The summed E-state index contributed by atoms with van der Waals surface area (Å²) in [6.07, 6.45) is 6.63. The molecule has 4 rings (SSSR count). The number of benzene rings is 2. The maximum absolute atomic E-state index is 12.0. The standard InChI is InChI=1S/C22H24ClN3O3.C8H5Cl/c1-3-29-22(27)26-13-11-25(12-14-26)20(18-8-10-21(28-2)24-16-18)9-7-17-5-4-6-19(23)15-17;1-2-7-4-3-5-8(9)6-7/h4-6,8,10,15-16,20H,3,11-14H2,1-2H3;1,3-6H. The van der Waals surface area contributed by atoms with Gasteiger partial charge in [-0.3, -0.25) is 4.90 Å². The number of methoxy groups -OCH3 is 1. The Morgan fingerprint density at radius 3 is 2.21 bits per heavy atom. The fourth-order valence-electron chi connectivity index (χ4n) is 3.73. The quantitative estimate of drug-likeness (QED) is 0.377. The van der Waals surface area contributed by atoms with Gasteiger partial charge in [-0.2, -0.15) is 0 Å². The Kier molecular flexibility index (Phi) is 11.3. The summed E-state index contributed by atoms with van der Waals surface area (Å²) in [7, 11) is 1.59. The second-order valence-corrected chi connectivity index (χ2v) is 9.07. The molecule has 0 aliphatic carbocycles. The third-order valence-electron chi connectivity index (χ3n) is 5.66. The highest BCUT2D eigenvalue weighted by atomic mass is 35.5. The van der Waals surface area contributed by atoms with E-state index in [1.54, 1.807) is 30.3 Å². The molecule has 0 spiro atoms. The fourth-order valence-corrected chi connectivity index (χ4v) is 4.11. The summed E-state index contributed by atoms with van der Waals surface area (Å²) in [5.41, 5.74) is 2.65. The molecule has 1 unspecified atom stereocenters. The predicted molar refractivity (Wildman–Crippen MR) is 151 cm³/mol. The van der Waals surface area contributed by atoms with Crippen molar-refractivity contribution < 1.29 is 14.3 Å². The molecule has 2 aromatic carbocycles. The Labute approximate surface area is 234 Å². The maximum atomic E-state index is 12.0. The van der Waals surface area contributed by atoms with Crippen LogP contribution in [0.2, 0.25) is 10.0 Å². The molecule has 0 bridgehead atoms. The van der Waals surface area contributed by atoms with Crippen molar-refractivity contribution in [3.8, 4) is 30.1 Å². The lowest BCUT2D eigenvalue weighted by atomic mass is 10.1. The Morgan fingerprint density at radius 2 is 1.68 bits per heavy atom. The molecule has 0 N–H and O–H groups in total. The zero-order valence-electron chi connectivity index (χ0n) is 21.4. The molecule has 1 fully saturated rings. The van der Waals surface area contributed by atoms with Crippen molar-refractivity contribution in [2.75, 3.05) is 39.9 Å². The van der Waals surface area contributed by atoms with Crippen LogP contribution in [0.15, 0.2) is 66.9 Å². The summed E-state index contributed by atoms with van der Waals surface area (Å²) in [5.74, 6) is 9.62. The molecule has 1 amide bonds. The van der Waals surface area contributed by atoms with E-state index >= 15 is 0 Å². The molecular formula is C30H29Cl2N3O3. The summed E-state index contributed by atoms with van der Waals surface area (Å²) in [5, 5.41) is 1.34. The molecule has 1 aliphatic rings. The first kappa shape index (κ1) is 28.9. The van der Waals surface area contributed by atoms with Crippen molar-refractivity contribution in [2.45, 2.75) is 13.0 Å². The highest BCUT2D eigenvalue weighted by molar-refractivity contribution is 6.30. The minimum absolute atomic E-state index is 0.156. The summed E-state index contributed by atoms with van der Waals surface area (Å²) in [4.78, 5) is 20.3. The van der Waals surface area contributed by atoms with Gasteiger partial charge in [-0.1, -0.05) is 53.1 Å². The number of piperazine rings is 1. The van der Waals surface area contributed by atoms with E-state index < -0.39 is 0 Å². The largest absolute Gasteiger partial charge is 0.481 e. The second kappa shape index (κ2) is 14.9.